The number of hydrogen-bond donors (Lipinski definition) is 1. The minimum atomic E-state index is 0.336. The van der Waals surface area contributed by atoms with E-state index < -0.39 is 0 Å². The van der Waals surface area contributed by atoms with Gasteiger partial charge in [0.25, 0.3) is 0 Å². The number of rotatable bonds is 0. The molecule has 0 saturated heterocycles. The summed E-state index contributed by atoms with van der Waals surface area (Å²) in [5.41, 5.74) is 0. The second-order valence-electron chi connectivity index (χ2n) is 6.10. The third-order valence-corrected chi connectivity index (χ3v) is 4.63. The first-order chi connectivity index (χ1) is 11.3. The van der Waals surface area contributed by atoms with E-state index in [1.807, 2.05) is 12.1 Å². The van der Waals surface area contributed by atoms with Crippen molar-refractivity contribution in [3.8, 4) is 5.75 Å². The summed E-state index contributed by atoms with van der Waals surface area (Å²) >= 11 is 0. The average Bonchev–Trinajstić information content (AvgIpc) is 2.57. The van der Waals surface area contributed by atoms with E-state index in [0.717, 1.165) is 16.2 Å². The van der Waals surface area contributed by atoms with Gasteiger partial charge in [-0.1, -0.05) is 36.4 Å². The van der Waals surface area contributed by atoms with Crippen LogP contribution in [0.5, 0.6) is 5.75 Å². The highest BCUT2D eigenvalue weighted by Gasteiger charge is 2.05. The third kappa shape index (κ3) is 1.87. The van der Waals surface area contributed by atoms with Crippen molar-refractivity contribution in [3.63, 3.8) is 0 Å². The van der Waals surface area contributed by atoms with Crippen LogP contribution in [0.4, 0.5) is 0 Å². The largest absolute Gasteiger partial charge is 0.507 e. The van der Waals surface area contributed by atoms with E-state index >= 15 is 0 Å². The predicted octanol–water partition coefficient (Wildman–Crippen LogP) is 6.01. The van der Waals surface area contributed by atoms with Crippen LogP contribution < -0.4 is 0 Å². The lowest BCUT2D eigenvalue weighted by atomic mass is 9.97. The number of benzene rings is 5. The van der Waals surface area contributed by atoms with Crippen molar-refractivity contribution in [2.24, 2.45) is 0 Å². The maximum atomic E-state index is 10.1. The summed E-state index contributed by atoms with van der Waals surface area (Å²) < 4.78 is 0. The van der Waals surface area contributed by atoms with Gasteiger partial charge in [-0.15, -0.1) is 0 Å². The van der Waals surface area contributed by atoms with Crippen LogP contribution in [-0.4, -0.2) is 5.11 Å². The molecule has 5 aromatic carbocycles. The summed E-state index contributed by atoms with van der Waals surface area (Å²) in [6.07, 6.45) is 0. The van der Waals surface area contributed by atoms with Crippen LogP contribution in [-0.2, 0) is 0 Å². The number of phenolic OH excluding ortho intramolecular Hbond substituents is 1. The molecule has 0 fully saturated rings. The van der Waals surface area contributed by atoms with Gasteiger partial charge in [-0.3, -0.25) is 0 Å². The Balaban J connectivity index is 1.93. The highest BCUT2D eigenvalue weighted by Crippen LogP contribution is 2.32. The van der Waals surface area contributed by atoms with E-state index in [-0.39, 0.29) is 0 Å². The van der Waals surface area contributed by atoms with E-state index in [9.17, 15) is 5.11 Å². The molecule has 0 heterocycles. The van der Waals surface area contributed by atoms with Gasteiger partial charge in [0.15, 0.2) is 0 Å². The van der Waals surface area contributed by atoms with Crippen molar-refractivity contribution < 1.29 is 5.11 Å². The number of fused-ring (bicyclic) bond motifs is 4. The standard InChI is InChI=1S/C22H14O/c23-22-7-3-6-16-10-19-11-17-8-14-4-1-2-5-15(14)9-18(17)12-20(19)13-21(16)22/h1-13,23H. The van der Waals surface area contributed by atoms with E-state index in [1.54, 1.807) is 6.07 Å². The minimum Gasteiger partial charge on any atom is -0.507 e. The normalized spacial score (nSPS) is 11.7. The van der Waals surface area contributed by atoms with Gasteiger partial charge < -0.3 is 5.11 Å². The fourth-order valence-corrected chi connectivity index (χ4v) is 3.45. The Morgan fingerprint density at radius 1 is 0.435 bits per heavy atom. The van der Waals surface area contributed by atoms with Crippen LogP contribution in [0.25, 0.3) is 43.1 Å². The summed E-state index contributed by atoms with van der Waals surface area (Å²) in [7, 11) is 0. The van der Waals surface area contributed by atoms with Crippen molar-refractivity contribution >= 4 is 43.1 Å². The maximum Gasteiger partial charge on any atom is 0.123 e. The SMILES string of the molecule is Oc1cccc2cc3cc4cc5ccccc5cc4cc3cc12. The van der Waals surface area contributed by atoms with Crippen molar-refractivity contribution in [2.75, 3.05) is 0 Å². The molecule has 5 aromatic rings. The lowest BCUT2D eigenvalue weighted by molar-refractivity contribution is 0.481. The zero-order valence-electron chi connectivity index (χ0n) is 12.5. The third-order valence-electron chi connectivity index (χ3n) is 4.63. The molecule has 0 aliphatic carbocycles. The number of hydrogen-bond acceptors (Lipinski definition) is 1. The maximum absolute atomic E-state index is 10.1. The lowest BCUT2D eigenvalue weighted by Crippen LogP contribution is -1.80. The second-order valence-corrected chi connectivity index (χ2v) is 6.10. The fraction of sp³-hybridized carbons (Fsp3) is 0. The van der Waals surface area contributed by atoms with Gasteiger partial charge in [-0.05, 0) is 80.2 Å². The van der Waals surface area contributed by atoms with Gasteiger partial charge in [0, 0.05) is 5.39 Å². The molecule has 1 heteroatoms. The molecule has 108 valence electrons. The summed E-state index contributed by atoms with van der Waals surface area (Å²) in [6.45, 7) is 0. The van der Waals surface area contributed by atoms with Crippen LogP contribution in [0.2, 0.25) is 0 Å². The molecule has 0 aliphatic heterocycles. The lowest BCUT2D eigenvalue weighted by Gasteiger charge is -2.07. The highest BCUT2D eigenvalue weighted by atomic mass is 16.3. The number of aromatic hydroxyl groups is 1. The molecular formula is C22H14O. The number of phenols is 1. The Hall–Kier alpha value is -3.06. The van der Waals surface area contributed by atoms with Crippen molar-refractivity contribution in [1.29, 1.82) is 0 Å². The monoisotopic (exact) mass is 294 g/mol. The first kappa shape index (κ1) is 12.5. The molecule has 0 unspecified atom stereocenters. The summed E-state index contributed by atoms with van der Waals surface area (Å²) in [5, 5.41) is 19.4. The first-order valence-electron chi connectivity index (χ1n) is 7.76. The van der Waals surface area contributed by atoms with Crippen LogP contribution in [0, 0.1) is 0 Å². The van der Waals surface area contributed by atoms with Gasteiger partial charge in [-0.2, -0.15) is 0 Å². The van der Waals surface area contributed by atoms with E-state index in [2.05, 4.69) is 60.7 Å². The molecule has 1 nitrogen and oxygen atoms in total. The predicted molar refractivity (Wildman–Crippen MR) is 98.1 cm³/mol. The average molecular weight is 294 g/mol. The van der Waals surface area contributed by atoms with Gasteiger partial charge >= 0.3 is 0 Å². The minimum absolute atomic E-state index is 0.336. The first-order valence-corrected chi connectivity index (χ1v) is 7.76. The summed E-state index contributed by atoms with van der Waals surface area (Å²) in [4.78, 5) is 0. The highest BCUT2D eigenvalue weighted by molar-refractivity contribution is 6.08. The fourth-order valence-electron chi connectivity index (χ4n) is 3.45. The second kappa shape index (κ2) is 4.47. The smallest absolute Gasteiger partial charge is 0.123 e. The Morgan fingerprint density at radius 3 is 1.57 bits per heavy atom. The van der Waals surface area contributed by atoms with Crippen molar-refractivity contribution in [2.45, 2.75) is 0 Å². The molecule has 0 aromatic heterocycles. The Morgan fingerprint density at radius 2 is 0.913 bits per heavy atom. The van der Waals surface area contributed by atoms with Gasteiger partial charge in [0.1, 0.15) is 5.75 Å². The molecule has 0 saturated carbocycles. The molecule has 1 N–H and O–H groups in total. The van der Waals surface area contributed by atoms with Gasteiger partial charge in [0.2, 0.25) is 0 Å². The molecule has 0 spiro atoms. The summed E-state index contributed by atoms with van der Waals surface area (Å²) in [5.74, 6) is 0.336. The van der Waals surface area contributed by atoms with E-state index in [0.29, 0.717) is 5.75 Å². The molecule has 0 aliphatic rings. The van der Waals surface area contributed by atoms with Crippen molar-refractivity contribution in [1.82, 2.24) is 0 Å². The van der Waals surface area contributed by atoms with Crippen LogP contribution in [0.15, 0.2) is 78.9 Å². The van der Waals surface area contributed by atoms with Crippen LogP contribution in [0.1, 0.15) is 0 Å². The van der Waals surface area contributed by atoms with Crippen molar-refractivity contribution in [3.05, 3.63) is 78.9 Å². The van der Waals surface area contributed by atoms with E-state index in [4.69, 9.17) is 0 Å². The van der Waals surface area contributed by atoms with Crippen LogP contribution >= 0.6 is 0 Å². The zero-order valence-corrected chi connectivity index (χ0v) is 12.5. The molecule has 0 atom stereocenters. The molecule has 5 rings (SSSR count). The quantitative estimate of drug-likeness (QED) is 0.347. The molecule has 23 heavy (non-hydrogen) atoms. The van der Waals surface area contributed by atoms with E-state index in [1.165, 1.54) is 26.9 Å². The topological polar surface area (TPSA) is 20.2 Å². The van der Waals surface area contributed by atoms with Gasteiger partial charge in [-0.25, -0.2) is 0 Å². The Labute approximate surface area is 133 Å². The molecular weight excluding hydrogens is 280 g/mol. The van der Waals surface area contributed by atoms with Gasteiger partial charge in [0.05, 0.1) is 0 Å². The molecule has 0 amide bonds. The zero-order chi connectivity index (χ0) is 15.4. The Kier molecular flexibility index (Phi) is 2.42. The summed E-state index contributed by atoms with van der Waals surface area (Å²) in [6, 6.07) is 27.3. The Bertz CT molecular complexity index is 1220. The van der Waals surface area contributed by atoms with Crippen LogP contribution in [0.3, 0.4) is 0 Å². The molecule has 0 radical (unpaired) electrons. The molecule has 0 bridgehead atoms.